The number of nitrogens with one attached hydrogen (secondary N) is 1. The van der Waals surface area contributed by atoms with Crippen LogP contribution in [0.3, 0.4) is 0 Å². The molecule has 0 radical (unpaired) electrons. The third kappa shape index (κ3) is 6.49. The summed E-state index contributed by atoms with van der Waals surface area (Å²) in [5.74, 6) is 0.770. The van der Waals surface area contributed by atoms with E-state index in [2.05, 4.69) is 23.8 Å². The standard InChI is InChI=1S/C29H27N3O5S/c1-4-7-22-14-21(16-25(36-3)27(22)37-18-20-8-6-9-24(15-20)32(34)35)17-26-28(33)31-29(38-26)30-23-12-10-19(5-2)11-13-23/h4,6,8-17H,1,5,7,18H2,2-3H3,(H,30,31,33)/b26-17-. The minimum absolute atomic E-state index is 0.000393. The van der Waals surface area contributed by atoms with E-state index in [1.807, 2.05) is 30.3 Å². The van der Waals surface area contributed by atoms with Gasteiger partial charge >= 0.3 is 0 Å². The fourth-order valence-electron chi connectivity index (χ4n) is 3.86. The zero-order valence-corrected chi connectivity index (χ0v) is 21.9. The number of nitrogens with zero attached hydrogens (tertiary/aromatic N) is 2. The van der Waals surface area contributed by atoms with Gasteiger partial charge in [-0.1, -0.05) is 37.3 Å². The topological polar surface area (TPSA) is 103 Å². The molecule has 0 atom stereocenters. The van der Waals surface area contributed by atoms with Crippen molar-refractivity contribution in [3.63, 3.8) is 0 Å². The van der Waals surface area contributed by atoms with E-state index in [0.717, 1.165) is 23.2 Å². The van der Waals surface area contributed by atoms with Crippen LogP contribution < -0.4 is 14.8 Å². The monoisotopic (exact) mass is 529 g/mol. The van der Waals surface area contributed by atoms with Gasteiger partial charge in [0.15, 0.2) is 16.7 Å². The van der Waals surface area contributed by atoms with Gasteiger partial charge in [-0.05, 0) is 71.6 Å². The number of carbonyl (C=O) groups excluding carboxylic acids is 1. The molecule has 3 aromatic carbocycles. The number of methoxy groups -OCH3 is 1. The smallest absolute Gasteiger partial charge is 0.269 e. The second-order valence-corrected chi connectivity index (χ2v) is 9.45. The molecule has 0 aliphatic carbocycles. The molecule has 1 heterocycles. The molecular weight excluding hydrogens is 502 g/mol. The van der Waals surface area contributed by atoms with Crippen LogP contribution in [-0.4, -0.2) is 23.1 Å². The second kappa shape index (κ2) is 12.2. The van der Waals surface area contributed by atoms with Gasteiger partial charge in [-0.25, -0.2) is 4.99 Å². The van der Waals surface area contributed by atoms with Gasteiger partial charge in [-0.3, -0.25) is 14.9 Å². The van der Waals surface area contributed by atoms with Crippen LogP contribution in [0.2, 0.25) is 0 Å². The lowest BCUT2D eigenvalue weighted by atomic mass is 10.0. The Kier molecular flexibility index (Phi) is 8.60. The molecule has 0 spiro atoms. The number of benzene rings is 3. The number of amidine groups is 1. The summed E-state index contributed by atoms with van der Waals surface area (Å²) in [6, 6.07) is 17.9. The number of rotatable bonds is 10. The van der Waals surface area contributed by atoms with E-state index in [-0.39, 0.29) is 18.2 Å². The van der Waals surface area contributed by atoms with Crippen LogP contribution in [0, 0.1) is 10.1 Å². The third-order valence-electron chi connectivity index (χ3n) is 5.77. The maximum absolute atomic E-state index is 12.6. The van der Waals surface area contributed by atoms with Crippen LogP contribution in [0.15, 0.2) is 83.2 Å². The Morgan fingerprint density at radius 3 is 2.61 bits per heavy atom. The number of ether oxygens (including phenoxy) is 2. The van der Waals surface area contributed by atoms with Gasteiger partial charge in [0.25, 0.3) is 11.6 Å². The van der Waals surface area contributed by atoms with E-state index >= 15 is 0 Å². The van der Waals surface area contributed by atoms with Crippen LogP contribution in [0.25, 0.3) is 6.08 Å². The average Bonchev–Trinajstić information content (AvgIpc) is 3.26. The van der Waals surface area contributed by atoms with E-state index in [0.29, 0.717) is 33.6 Å². The van der Waals surface area contributed by atoms with Crippen LogP contribution in [-0.2, 0) is 24.2 Å². The number of hydrogen-bond donors (Lipinski definition) is 1. The summed E-state index contributed by atoms with van der Waals surface area (Å²) in [6.07, 6.45) is 4.97. The summed E-state index contributed by atoms with van der Waals surface area (Å²) >= 11 is 1.27. The number of carbonyl (C=O) groups is 1. The Bertz CT molecular complexity index is 1430. The number of amides is 1. The highest BCUT2D eigenvalue weighted by Gasteiger charge is 2.24. The summed E-state index contributed by atoms with van der Waals surface area (Å²) in [5, 5.41) is 14.4. The van der Waals surface area contributed by atoms with E-state index in [1.165, 1.54) is 36.6 Å². The summed E-state index contributed by atoms with van der Waals surface area (Å²) in [4.78, 5) is 28.4. The van der Waals surface area contributed by atoms with Crippen molar-refractivity contribution in [3.8, 4) is 11.5 Å². The molecule has 4 rings (SSSR count). The lowest BCUT2D eigenvalue weighted by molar-refractivity contribution is -0.384. The molecule has 0 saturated carbocycles. The molecule has 194 valence electrons. The molecule has 38 heavy (non-hydrogen) atoms. The minimum Gasteiger partial charge on any atom is -0.493 e. The largest absolute Gasteiger partial charge is 0.493 e. The molecule has 1 fully saturated rings. The zero-order chi connectivity index (χ0) is 27.1. The zero-order valence-electron chi connectivity index (χ0n) is 21.1. The van der Waals surface area contributed by atoms with E-state index in [1.54, 1.807) is 30.4 Å². The first-order chi connectivity index (χ1) is 18.4. The Morgan fingerprint density at radius 1 is 1.13 bits per heavy atom. The lowest BCUT2D eigenvalue weighted by Crippen LogP contribution is -2.19. The molecule has 0 unspecified atom stereocenters. The summed E-state index contributed by atoms with van der Waals surface area (Å²) in [6.45, 7) is 6.06. The Hall–Kier alpha value is -4.37. The highest BCUT2D eigenvalue weighted by molar-refractivity contribution is 8.18. The number of nitro benzene ring substituents is 1. The highest BCUT2D eigenvalue weighted by Crippen LogP contribution is 2.36. The predicted molar refractivity (Wildman–Crippen MR) is 151 cm³/mol. The Morgan fingerprint density at radius 2 is 1.92 bits per heavy atom. The van der Waals surface area contributed by atoms with Crippen molar-refractivity contribution in [1.82, 2.24) is 5.32 Å². The van der Waals surface area contributed by atoms with Crippen LogP contribution in [0.5, 0.6) is 11.5 Å². The number of aryl methyl sites for hydroxylation is 1. The van der Waals surface area contributed by atoms with Gasteiger partial charge in [0.05, 0.1) is 22.6 Å². The SMILES string of the molecule is C=CCc1cc(/C=C2\SC(=Nc3ccc(CC)cc3)NC2=O)cc(OC)c1OCc1cccc([N+](=O)[O-])c1. The second-order valence-electron chi connectivity index (χ2n) is 8.42. The van der Waals surface area contributed by atoms with E-state index < -0.39 is 4.92 Å². The molecule has 1 N–H and O–H groups in total. The molecule has 0 bridgehead atoms. The number of nitro groups is 1. The van der Waals surface area contributed by atoms with Gasteiger partial charge in [0, 0.05) is 17.7 Å². The molecule has 1 aliphatic rings. The van der Waals surface area contributed by atoms with Crippen molar-refractivity contribution >= 4 is 40.3 Å². The van der Waals surface area contributed by atoms with Gasteiger partial charge in [-0.15, -0.1) is 6.58 Å². The average molecular weight is 530 g/mol. The highest BCUT2D eigenvalue weighted by atomic mass is 32.2. The van der Waals surface area contributed by atoms with Crippen molar-refractivity contribution in [2.24, 2.45) is 4.99 Å². The Balaban J connectivity index is 1.58. The van der Waals surface area contributed by atoms with Crippen molar-refractivity contribution in [2.45, 2.75) is 26.4 Å². The maximum Gasteiger partial charge on any atom is 0.269 e. The number of hydrogen-bond acceptors (Lipinski definition) is 7. The number of aliphatic imine (C=N–C) groups is 1. The molecule has 1 saturated heterocycles. The van der Waals surface area contributed by atoms with Crippen molar-refractivity contribution in [3.05, 3.63) is 111 Å². The lowest BCUT2D eigenvalue weighted by Gasteiger charge is -2.16. The first kappa shape index (κ1) is 26.7. The van der Waals surface area contributed by atoms with Gasteiger partial charge < -0.3 is 14.8 Å². The van der Waals surface area contributed by atoms with E-state index in [4.69, 9.17) is 9.47 Å². The summed E-state index contributed by atoms with van der Waals surface area (Å²) < 4.78 is 11.7. The molecule has 9 heteroatoms. The quantitative estimate of drug-likeness (QED) is 0.142. The first-order valence-corrected chi connectivity index (χ1v) is 12.8. The molecule has 1 amide bonds. The van der Waals surface area contributed by atoms with E-state index in [9.17, 15) is 14.9 Å². The molecule has 1 aliphatic heterocycles. The fourth-order valence-corrected chi connectivity index (χ4v) is 4.70. The van der Waals surface area contributed by atoms with Gasteiger partial charge in [0.1, 0.15) is 6.61 Å². The fraction of sp³-hybridized carbons (Fsp3) is 0.172. The third-order valence-corrected chi connectivity index (χ3v) is 6.68. The van der Waals surface area contributed by atoms with Crippen molar-refractivity contribution in [2.75, 3.05) is 7.11 Å². The number of allylic oxidation sites excluding steroid dienone is 1. The van der Waals surface area contributed by atoms with Crippen LogP contribution in [0.1, 0.15) is 29.2 Å². The minimum atomic E-state index is -0.440. The Labute approximate surface area is 225 Å². The van der Waals surface area contributed by atoms with Gasteiger partial charge in [0.2, 0.25) is 0 Å². The van der Waals surface area contributed by atoms with Crippen molar-refractivity contribution in [1.29, 1.82) is 0 Å². The molecule has 8 nitrogen and oxygen atoms in total. The van der Waals surface area contributed by atoms with Crippen molar-refractivity contribution < 1.29 is 19.2 Å². The maximum atomic E-state index is 12.6. The summed E-state index contributed by atoms with van der Waals surface area (Å²) in [5.41, 5.74) is 4.22. The number of non-ortho nitro benzene ring substituents is 1. The van der Waals surface area contributed by atoms with Crippen LogP contribution in [0.4, 0.5) is 11.4 Å². The van der Waals surface area contributed by atoms with Gasteiger partial charge in [-0.2, -0.15) is 0 Å². The molecular formula is C29H27N3O5S. The predicted octanol–water partition coefficient (Wildman–Crippen LogP) is 6.36. The molecule has 3 aromatic rings. The number of thioether (sulfide) groups is 1. The first-order valence-electron chi connectivity index (χ1n) is 12.0. The molecule has 0 aromatic heterocycles. The van der Waals surface area contributed by atoms with Crippen LogP contribution >= 0.6 is 11.8 Å². The summed E-state index contributed by atoms with van der Waals surface area (Å²) in [7, 11) is 1.54. The normalized spacial score (nSPS) is 14.9.